The largest absolute Gasteiger partial charge is 0.467 e. The van der Waals surface area contributed by atoms with Crippen LogP contribution in [-0.2, 0) is 23.8 Å². The highest BCUT2D eigenvalue weighted by atomic mass is 32.2. The maximum absolute atomic E-state index is 13.0. The summed E-state index contributed by atoms with van der Waals surface area (Å²) in [6, 6.07) is 4.74. The molecule has 2 rings (SSSR count). The van der Waals surface area contributed by atoms with Gasteiger partial charge in [-0.25, -0.2) is 14.4 Å². The summed E-state index contributed by atoms with van der Waals surface area (Å²) in [5, 5.41) is 8.77. The number of hydrogen-bond acceptors (Lipinski definition) is 11. The van der Waals surface area contributed by atoms with Gasteiger partial charge in [0.05, 0.1) is 7.11 Å². The summed E-state index contributed by atoms with van der Waals surface area (Å²) >= 11 is 2.66. The molecule has 0 bridgehead atoms. The SMILES string of the molecule is C=CCOC(=O)C(Nc1cccc(C(=O)N[C@@H](CCSC)C(=O)OC)c1)[C@@H]1C[C@H](SC(=O)OC(C)(C)C)CN1. The van der Waals surface area contributed by atoms with Crippen LogP contribution in [0.5, 0.6) is 0 Å². The first-order valence-electron chi connectivity index (χ1n) is 12.6. The van der Waals surface area contributed by atoms with Gasteiger partial charge in [-0.05, 0) is 75.6 Å². The van der Waals surface area contributed by atoms with Crippen LogP contribution in [-0.4, -0.2) is 84.4 Å². The molecule has 1 saturated heterocycles. The van der Waals surface area contributed by atoms with Crippen molar-refractivity contribution in [3.63, 3.8) is 0 Å². The second-order valence-corrected chi connectivity index (χ2v) is 12.1. The Morgan fingerprint density at radius 1 is 1.23 bits per heavy atom. The molecule has 1 aliphatic heterocycles. The topological polar surface area (TPSA) is 132 Å². The van der Waals surface area contributed by atoms with E-state index in [0.717, 1.165) is 11.8 Å². The molecule has 39 heavy (non-hydrogen) atoms. The van der Waals surface area contributed by atoms with Crippen molar-refractivity contribution in [1.29, 1.82) is 0 Å². The predicted octanol–water partition coefficient (Wildman–Crippen LogP) is 3.62. The first-order chi connectivity index (χ1) is 18.5. The van der Waals surface area contributed by atoms with Gasteiger partial charge in [0.25, 0.3) is 5.91 Å². The van der Waals surface area contributed by atoms with Crippen LogP contribution in [0.2, 0.25) is 0 Å². The molecule has 4 atom stereocenters. The number of thioether (sulfide) groups is 2. The van der Waals surface area contributed by atoms with E-state index in [1.54, 1.807) is 36.0 Å². The molecule has 1 aromatic rings. The predicted molar refractivity (Wildman–Crippen MR) is 155 cm³/mol. The van der Waals surface area contributed by atoms with Gasteiger partial charge >= 0.3 is 17.2 Å². The van der Waals surface area contributed by atoms with Crippen LogP contribution in [0.1, 0.15) is 44.0 Å². The molecule has 1 aromatic carbocycles. The zero-order valence-electron chi connectivity index (χ0n) is 23.1. The van der Waals surface area contributed by atoms with Gasteiger partial charge in [0.15, 0.2) is 0 Å². The lowest BCUT2D eigenvalue weighted by Crippen LogP contribution is -2.46. The minimum Gasteiger partial charge on any atom is -0.467 e. The van der Waals surface area contributed by atoms with E-state index < -0.39 is 35.5 Å². The van der Waals surface area contributed by atoms with Gasteiger partial charge in [-0.3, -0.25) is 4.79 Å². The van der Waals surface area contributed by atoms with Crippen LogP contribution in [0.4, 0.5) is 10.5 Å². The summed E-state index contributed by atoms with van der Waals surface area (Å²) in [7, 11) is 1.28. The second kappa shape index (κ2) is 15.8. The number of rotatable bonds is 13. The van der Waals surface area contributed by atoms with Gasteiger partial charge < -0.3 is 30.2 Å². The fourth-order valence-corrected chi connectivity index (χ4v) is 5.36. The third-order valence-electron chi connectivity index (χ3n) is 5.63. The number of ether oxygens (including phenoxy) is 3. The summed E-state index contributed by atoms with van der Waals surface area (Å²) in [6.45, 7) is 9.58. The van der Waals surface area contributed by atoms with Crippen LogP contribution in [0.15, 0.2) is 36.9 Å². The minimum absolute atomic E-state index is 0.0488. The molecule has 1 heterocycles. The number of nitrogens with one attached hydrogen (secondary N) is 3. The Bertz CT molecular complexity index is 1020. The molecule has 3 N–H and O–H groups in total. The van der Waals surface area contributed by atoms with Crippen LogP contribution < -0.4 is 16.0 Å². The molecule has 0 spiro atoms. The van der Waals surface area contributed by atoms with E-state index in [0.29, 0.717) is 36.4 Å². The lowest BCUT2D eigenvalue weighted by atomic mass is 10.1. The highest BCUT2D eigenvalue weighted by Gasteiger charge is 2.37. The van der Waals surface area contributed by atoms with Gasteiger partial charge in [0.2, 0.25) is 0 Å². The number of carbonyl (C=O) groups excluding carboxylic acids is 4. The quantitative estimate of drug-likeness (QED) is 0.179. The number of anilines is 1. The molecule has 1 aliphatic rings. The van der Waals surface area contributed by atoms with Crippen molar-refractivity contribution in [3.8, 4) is 0 Å². The normalized spacial score (nSPS) is 18.4. The maximum Gasteiger partial charge on any atom is 0.368 e. The van der Waals surface area contributed by atoms with Crippen molar-refractivity contribution in [3.05, 3.63) is 42.5 Å². The zero-order chi connectivity index (χ0) is 29.0. The Morgan fingerprint density at radius 3 is 2.62 bits per heavy atom. The highest BCUT2D eigenvalue weighted by molar-refractivity contribution is 8.13. The Labute approximate surface area is 238 Å². The maximum atomic E-state index is 13.0. The van der Waals surface area contributed by atoms with Gasteiger partial charge in [-0.2, -0.15) is 11.8 Å². The third kappa shape index (κ3) is 11.1. The molecule has 1 fully saturated rings. The number of methoxy groups -OCH3 is 1. The Balaban J connectivity index is 2.14. The van der Waals surface area contributed by atoms with E-state index >= 15 is 0 Å². The summed E-state index contributed by atoms with van der Waals surface area (Å²) in [5.41, 5.74) is 0.248. The van der Waals surface area contributed by atoms with Crippen LogP contribution >= 0.6 is 23.5 Å². The second-order valence-electron chi connectivity index (χ2n) is 9.91. The number of amides is 1. The Morgan fingerprint density at radius 2 is 1.97 bits per heavy atom. The fraction of sp³-hybridized carbons (Fsp3) is 0.556. The lowest BCUT2D eigenvalue weighted by molar-refractivity contribution is -0.144. The minimum atomic E-state index is -0.795. The number of esters is 2. The van der Waals surface area contributed by atoms with Gasteiger partial charge in [0.1, 0.15) is 24.3 Å². The summed E-state index contributed by atoms with van der Waals surface area (Å²) in [4.78, 5) is 50.3. The molecule has 0 aromatic heterocycles. The first kappa shape index (κ1) is 32.5. The van der Waals surface area contributed by atoms with Crippen molar-refractivity contribution in [2.45, 2.75) is 62.6 Å². The van der Waals surface area contributed by atoms with Gasteiger partial charge in [0, 0.05) is 29.1 Å². The molecule has 1 amide bonds. The molecule has 12 heteroatoms. The van der Waals surface area contributed by atoms with Gasteiger partial charge in [-0.15, -0.1) is 0 Å². The van der Waals surface area contributed by atoms with E-state index in [-0.39, 0.29) is 23.2 Å². The van der Waals surface area contributed by atoms with Crippen molar-refractivity contribution in [2.75, 3.05) is 37.6 Å². The number of benzene rings is 1. The molecule has 216 valence electrons. The summed E-state index contributed by atoms with van der Waals surface area (Å²) in [6.07, 6.45) is 4.35. The molecular weight excluding hydrogens is 542 g/mol. The van der Waals surface area contributed by atoms with Gasteiger partial charge in [-0.1, -0.05) is 18.7 Å². The third-order valence-corrected chi connectivity index (χ3v) is 7.24. The molecular formula is C27H39N3O7S2. The lowest BCUT2D eigenvalue weighted by Gasteiger charge is -2.25. The Kier molecular flexibility index (Phi) is 13.2. The van der Waals surface area contributed by atoms with E-state index in [2.05, 4.69) is 22.5 Å². The molecule has 1 unspecified atom stereocenters. The van der Waals surface area contributed by atoms with E-state index in [1.165, 1.54) is 13.2 Å². The van der Waals surface area contributed by atoms with Crippen molar-refractivity contribution < 1.29 is 33.4 Å². The first-order valence-corrected chi connectivity index (χ1v) is 14.9. The van der Waals surface area contributed by atoms with E-state index in [4.69, 9.17) is 14.2 Å². The van der Waals surface area contributed by atoms with Crippen LogP contribution in [0, 0.1) is 0 Å². The number of carbonyl (C=O) groups is 4. The monoisotopic (exact) mass is 581 g/mol. The van der Waals surface area contributed by atoms with Crippen LogP contribution in [0.3, 0.4) is 0 Å². The van der Waals surface area contributed by atoms with Crippen molar-refractivity contribution in [1.82, 2.24) is 10.6 Å². The zero-order valence-corrected chi connectivity index (χ0v) is 24.7. The average Bonchev–Trinajstić information content (AvgIpc) is 3.34. The Hall–Kier alpha value is -2.70. The molecule has 0 aliphatic carbocycles. The fourth-order valence-electron chi connectivity index (χ4n) is 3.84. The standard InChI is InChI=1S/C27H39N3O7S2/c1-7-12-36-25(33)22(21-15-19(16-28-21)39-26(34)37-27(2,3)4)29-18-10-8-9-17(14-18)23(31)30-20(11-13-38-6)24(32)35-5/h7-10,14,19-22,28-29H,1,11-13,15-16H2,2-6H3,(H,30,31)/t19-,20-,21-,22?/m0/s1. The van der Waals surface area contributed by atoms with E-state index in [1.807, 2.05) is 27.0 Å². The molecule has 10 nitrogen and oxygen atoms in total. The summed E-state index contributed by atoms with van der Waals surface area (Å²) in [5.74, 6) is -0.762. The van der Waals surface area contributed by atoms with Crippen LogP contribution in [0.25, 0.3) is 0 Å². The van der Waals surface area contributed by atoms with Crippen molar-refractivity contribution >= 4 is 52.4 Å². The highest BCUT2D eigenvalue weighted by Crippen LogP contribution is 2.28. The van der Waals surface area contributed by atoms with Crippen molar-refractivity contribution in [2.24, 2.45) is 0 Å². The number of hydrogen-bond donors (Lipinski definition) is 3. The molecule has 0 radical (unpaired) electrons. The average molecular weight is 582 g/mol. The van der Waals surface area contributed by atoms with E-state index in [9.17, 15) is 19.2 Å². The summed E-state index contributed by atoms with van der Waals surface area (Å²) < 4.78 is 15.6. The smallest absolute Gasteiger partial charge is 0.368 e. The molecule has 0 saturated carbocycles.